The predicted molar refractivity (Wildman–Crippen MR) is 67.4 cm³/mol. The van der Waals surface area contributed by atoms with Gasteiger partial charge in [0.2, 0.25) is 5.13 Å². The van der Waals surface area contributed by atoms with Gasteiger partial charge in [-0.15, -0.1) is 10.2 Å². The topological polar surface area (TPSA) is 76.1 Å². The number of nitrogens with one attached hydrogen (secondary N) is 2. The van der Waals surface area contributed by atoms with Crippen LogP contribution in [-0.2, 0) is 11.2 Å². The van der Waals surface area contributed by atoms with Crippen molar-refractivity contribution < 1.29 is 9.53 Å². The molecule has 0 fully saturated rings. The van der Waals surface area contributed by atoms with Crippen LogP contribution in [0.1, 0.15) is 24.8 Å². The van der Waals surface area contributed by atoms with Gasteiger partial charge < -0.3 is 10.1 Å². The first-order valence-electron chi connectivity index (χ1n) is 5.62. The van der Waals surface area contributed by atoms with E-state index in [4.69, 9.17) is 4.74 Å². The van der Waals surface area contributed by atoms with Crippen LogP contribution in [0.2, 0.25) is 0 Å². The van der Waals surface area contributed by atoms with Crippen molar-refractivity contribution in [3.8, 4) is 0 Å². The zero-order valence-corrected chi connectivity index (χ0v) is 11.0. The number of hydrogen-bond acceptors (Lipinski definition) is 5. The lowest BCUT2D eigenvalue weighted by Gasteiger charge is -2.03. The van der Waals surface area contributed by atoms with Gasteiger partial charge >= 0.3 is 6.03 Å². The molecule has 0 radical (unpaired) electrons. The van der Waals surface area contributed by atoms with Crippen LogP contribution in [-0.4, -0.2) is 36.5 Å². The lowest BCUT2D eigenvalue weighted by molar-refractivity contribution is 0.194. The van der Waals surface area contributed by atoms with Gasteiger partial charge in [-0.2, -0.15) is 0 Å². The normalized spacial score (nSPS) is 10.2. The van der Waals surface area contributed by atoms with E-state index in [9.17, 15) is 4.79 Å². The molecule has 0 aliphatic heterocycles. The third-order valence-electron chi connectivity index (χ3n) is 1.96. The first-order chi connectivity index (χ1) is 8.26. The van der Waals surface area contributed by atoms with E-state index in [1.165, 1.54) is 11.3 Å². The molecule has 0 unspecified atom stereocenters. The van der Waals surface area contributed by atoms with E-state index in [1.54, 1.807) is 7.11 Å². The molecule has 96 valence electrons. The third kappa shape index (κ3) is 5.60. The Morgan fingerprint density at radius 3 is 3.00 bits per heavy atom. The maximum atomic E-state index is 11.4. The largest absolute Gasteiger partial charge is 0.385 e. The molecule has 0 aliphatic carbocycles. The highest BCUT2D eigenvalue weighted by molar-refractivity contribution is 7.15. The summed E-state index contributed by atoms with van der Waals surface area (Å²) in [7, 11) is 1.64. The lowest BCUT2D eigenvalue weighted by atomic mass is 10.4. The Kier molecular flexibility index (Phi) is 6.49. The number of ether oxygens (including phenoxy) is 1. The van der Waals surface area contributed by atoms with Crippen LogP contribution in [0.3, 0.4) is 0 Å². The molecule has 1 aromatic rings. The molecule has 0 saturated heterocycles. The van der Waals surface area contributed by atoms with Gasteiger partial charge in [-0.3, -0.25) is 5.32 Å². The van der Waals surface area contributed by atoms with Crippen LogP contribution >= 0.6 is 11.3 Å². The molecule has 7 heteroatoms. The Hall–Kier alpha value is -1.21. The number of urea groups is 1. The molecule has 17 heavy (non-hydrogen) atoms. The zero-order chi connectivity index (χ0) is 12.5. The van der Waals surface area contributed by atoms with E-state index in [-0.39, 0.29) is 6.03 Å². The molecule has 1 heterocycles. The minimum absolute atomic E-state index is 0.250. The number of hydrogen-bond donors (Lipinski definition) is 2. The van der Waals surface area contributed by atoms with Crippen molar-refractivity contribution in [2.75, 3.05) is 25.6 Å². The molecule has 1 rings (SSSR count). The molecular formula is C10H18N4O2S. The van der Waals surface area contributed by atoms with Crippen molar-refractivity contribution in [2.24, 2.45) is 0 Å². The van der Waals surface area contributed by atoms with Crippen LogP contribution in [0.4, 0.5) is 9.93 Å². The van der Waals surface area contributed by atoms with Crippen molar-refractivity contribution in [1.29, 1.82) is 0 Å². The van der Waals surface area contributed by atoms with Crippen LogP contribution in [0.5, 0.6) is 0 Å². The maximum Gasteiger partial charge on any atom is 0.321 e. The third-order valence-corrected chi connectivity index (χ3v) is 2.86. The number of rotatable bonds is 7. The second-order valence-electron chi connectivity index (χ2n) is 3.48. The number of methoxy groups -OCH3 is 1. The molecule has 0 bridgehead atoms. The minimum Gasteiger partial charge on any atom is -0.385 e. The molecule has 2 amide bonds. The second kappa shape index (κ2) is 7.97. The number of anilines is 1. The average molecular weight is 258 g/mol. The number of carbonyl (C=O) groups is 1. The van der Waals surface area contributed by atoms with Gasteiger partial charge in [-0.25, -0.2) is 4.79 Å². The van der Waals surface area contributed by atoms with Gasteiger partial charge in [0.25, 0.3) is 0 Å². The van der Waals surface area contributed by atoms with Crippen LogP contribution in [0, 0.1) is 0 Å². The summed E-state index contributed by atoms with van der Waals surface area (Å²) in [5.41, 5.74) is 0. The SMILES string of the molecule is CCCc1nnc(NC(=O)NCCCOC)s1. The fourth-order valence-corrected chi connectivity index (χ4v) is 2.02. The van der Waals surface area contributed by atoms with Crippen LogP contribution < -0.4 is 10.6 Å². The Labute approximate surface area is 105 Å². The predicted octanol–water partition coefficient (Wildman–Crippen LogP) is 1.65. The number of amides is 2. The fraction of sp³-hybridized carbons (Fsp3) is 0.700. The summed E-state index contributed by atoms with van der Waals surface area (Å²) in [6.07, 6.45) is 2.72. The summed E-state index contributed by atoms with van der Waals surface area (Å²) in [6.45, 7) is 3.30. The second-order valence-corrected chi connectivity index (χ2v) is 4.54. The van der Waals surface area contributed by atoms with Gasteiger partial charge in [-0.1, -0.05) is 18.3 Å². The monoisotopic (exact) mass is 258 g/mol. The Morgan fingerprint density at radius 1 is 1.47 bits per heavy atom. The number of carbonyl (C=O) groups excluding carboxylic acids is 1. The lowest BCUT2D eigenvalue weighted by Crippen LogP contribution is -2.29. The molecule has 0 saturated carbocycles. The van der Waals surface area contributed by atoms with Gasteiger partial charge in [0.1, 0.15) is 5.01 Å². The van der Waals surface area contributed by atoms with E-state index in [0.717, 1.165) is 24.3 Å². The number of nitrogens with zero attached hydrogens (tertiary/aromatic N) is 2. The molecule has 0 atom stereocenters. The molecule has 0 spiro atoms. The van der Waals surface area contributed by atoms with E-state index in [2.05, 4.69) is 27.8 Å². The maximum absolute atomic E-state index is 11.4. The zero-order valence-electron chi connectivity index (χ0n) is 10.2. The average Bonchev–Trinajstić information content (AvgIpc) is 2.73. The van der Waals surface area contributed by atoms with E-state index in [0.29, 0.717) is 18.3 Å². The van der Waals surface area contributed by atoms with E-state index in [1.807, 2.05) is 0 Å². The Bertz CT molecular complexity index is 343. The molecule has 6 nitrogen and oxygen atoms in total. The van der Waals surface area contributed by atoms with Gasteiger partial charge in [0.05, 0.1) is 0 Å². The highest BCUT2D eigenvalue weighted by atomic mass is 32.1. The first kappa shape index (κ1) is 13.9. The molecule has 0 aromatic carbocycles. The van der Waals surface area contributed by atoms with Crippen molar-refractivity contribution >= 4 is 22.5 Å². The standard InChI is InChI=1S/C10H18N4O2S/c1-3-5-8-13-14-10(17-8)12-9(15)11-6-4-7-16-2/h3-7H2,1-2H3,(H2,11,12,14,15). The smallest absolute Gasteiger partial charge is 0.321 e. The molecular weight excluding hydrogens is 240 g/mol. The summed E-state index contributed by atoms with van der Waals surface area (Å²) < 4.78 is 4.88. The summed E-state index contributed by atoms with van der Waals surface area (Å²) in [5.74, 6) is 0. The molecule has 0 aliphatic rings. The van der Waals surface area contributed by atoms with Crippen molar-refractivity contribution in [3.63, 3.8) is 0 Å². The molecule has 2 N–H and O–H groups in total. The van der Waals surface area contributed by atoms with Crippen LogP contribution in [0.15, 0.2) is 0 Å². The van der Waals surface area contributed by atoms with Crippen molar-refractivity contribution in [3.05, 3.63) is 5.01 Å². The number of aryl methyl sites for hydroxylation is 1. The summed E-state index contributed by atoms with van der Waals surface area (Å²) in [5, 5.41) is 14.7. The summed E-state index contributed by atoms with van der Waals surface area (Å²) >= 11 is 1.41. The van der Waals surface area contributed by atoms with Gasteiger partial charge in [0, 0.05) is 26.7 Å². The van der Waals surface area contributed by atoms with Gasteiger partial charge in [-0.05, 0) is 12.8 Å². The number of aromatic nitrogens is 2. The first-order valence-corrected chi connectivity index (χ1v) is 6.44. The highest BCUT2D eigenvalue weighted by Crippen LogP contribution is 2.15. The molecule has 1 aromatic heterocycles. The van der Waals surface area contributed by atoms with E-state index >= 15 is 0 Å². The summed E-state index contributed by atoms with van der Waals surface area (Å²) in [4.78, 5) is 11.4. The van der Waals surface area contributed by atoms with Gasteiger partial charge in [0.15, 0.2) is 0 Å². The minimum atomic E-state index is -0.250. The summed E-state index contributed by atoms with van der Waals surface area (Å²) in [6, 6.07) is -0.250. The Morgan fingerprint density at radius 2 is 2.29 bits per heavy atom. The van der Waals surface area contributed by atoms with E-state index < -0.39 is 0 Å². The fourth-order valence-electron chi connectivity index (χ4n) is 1.18. The van der Waals surface area contributed by atoms with Crippen LogP contribution in [0.25, 0.3) is 0 Å². The Balaban J connectivity index is 2.24. The van der Waals surface area contributed by atoms with Crippen molar-refractivity contribution in [1.82, 2.24) is 15.5 Å². The highest BCUT2D eigenvalue weighted by Gasteiger charge is 2.06. The quantitative estimate of drug-likeness (QED) is 0.729. The van der Waals surface area contributed by atoms with Crippen molar-refractivity contribution in [2.45, 2.75) is 26.2 Å².